The van der Waals surface area contributed by atoms with E-state index in [9.17, 15) is 0 Å². The zero-order valence-electron chi connectivity index (χ0n) is 23.2. The van der Waals surface area contributed by atoms with E-state index in [0.717, 1.165) is 36.8 Å². The van der Waals surface area contributed by atoms with Gasteiger partial charge in [0.1, 0.15) is 0 Å². The van der Waals surface area contributed by atoms with Gasteiger partial charge < -0.3 is 16.0 Å². The van der Waals surface area contributed by atoms with Gasteiger partial charge in [0.05, 0.1) is 0 Å². The van der Waals surface area contributed by atoms with Crippen molar-refractivity contribution < 1.29 is 0 Å². The first-order chi connectivity index (χ1) is 16.5. The van der Waals surface area contributed by atoms with Gasteiger partial charge in [0.15, 0.2) is 0 Å². The minimum absolute atomic E-state index is 0.488. The van der Waals surface area contributed by atoms with Crippen LogP contribution in [-0.2, 0) is 0 Å². The monoisotopic (exact) mass is 471 g/mol. The highest BCUT2D eigenvalue weighted by atomic mass is 14.9. The summed E-state index contributed by atoms with van der Waals surface area (Å²) in [5, 5.41) is 11.3. The molecule has 7 unspecified atom stereocenters. The number of fused-ring (bicyclic) bond motifs is 5. The van der Waals surface area contributed by atoms with Crippen molar-refractivity contribution in [1.29, 1.82) is 0 Å². The Kier molecular flexibility index (Phi) is 9.60. The van der Waals surface area contributed by atoms with E-state index in [1.165, 1.54) is 103 Å². The molecule has 0 bridgehead atoms. The van der Waals surface area contributed by atoms with Crippen molar-refractivity contribution in [3.05, 3.63) is 11.6 Å². The normalized spacial score (nSPS) is 39.3. The Balaban J connectivity index is 1.29. The first-order valence-corrected chi connectivity index (χ1v) is 15.4. The summed E-state index contributed by atoms with van der Waals surface area (Å²) in [4.78, 5) is 0. The SMILES string of the molecule is CCCCCNCCCNC1C=C2CCC3C(CCC4(C)C(CNCCC)CCC34)C2(C)CC1. The zero-order valence-corrected chi connectivity index (χ0v) is 23.2. The average molecular weight is 472 g/mol. The molecule has 0 saturated heterocycles. The standard InChI is InChI=1S/C31H57N3/c1-5-7-8-19-32-20-9-21-34-26-14-16-30(3)24(22-26)10-12-27-28-13-11-25(23-33-18-6-2)31(28,4)17-15-29(27)30/h22,25-29,32-34H,5-21,23H2,1-4H3. The van der Waals surface area contributed by atoms with Crippen molar-refractivity contribution in [2.24, 2.45) is 34.5 Å². The molecule has 3 saturated carbocycles. The lowest BCUT2D eigenvalue weighted by Gasteiger charge is -2.58. The largest absolute Gasteiger partial charge is 0.317 e. The Morgan fingerprint density at radius 1 is 0.794 bits per heavy atom. The number of hydrogen-bond donors (Lipinski definition) is 3. The molecule has 4 rings (SSSR count). The molecule has 0 spiro atoms. The van der Waals surface area contributed by atoms with Gasteiger partial charge in [0, 0.05) is 6.04 Å². The van der Waals surface area contributed by atoms with Crippen molar-refractivity contribution in [3.63, 3.8) is 0 Å². The lowest BCUT2D eigenvalue weighted by molar-refractivity contribution is -0.0516. The molecule has 3 nitrogen and oxygen atoms in total. The van der Waals surface area contributed by atoms with Gasteiger partial charge in [-0.05, 0) is 138 Å². The smallest absolute Gasteiger partial charge is 0.0253 e. The fraction of sp³-hybridized carbons (Fsp3) is 0.935. The van der Waals surface area contributed by atoms with Gasteiger partial charge in [0.25, 0.3) is 0 Å². The van der Waals surface area contributed by atoms with Crippen LogP contribution in [0.1, 0.15) is 111 Å². The maximum Gasteiger partial charge on any atom is 0.0253 e. The molecule has 196 valence electrons. The zero-order chi connectivity index (χ0) is 24.0. The molecule has 0 radical (unpaired) electrons. The topological polar surface area (TPSA) is 36.1 Å². The number of allylic oxidation sites excluding steroid dienone is 1. The molecule has 0 amide bonds. The summed E-state index contributed by atoms with van der Waals surface area (Å²) >= 11 is 0. The Bertz CT molecular complexity index is 659. The maximum atomic E-state index is 3.90. The highest BCUT2D eigenvalue weighted by Gasteiger charge is 2.58. The quantitative estimate of drug-likeness (QED) is 0.207. The summed E-state index contributed by atoms with van der Waals surface area (Å²) in [5.41, 5.74) is 2.92. The van der Waals surface area contributed by atoms with Crippen LogP contribution in [0.15, 0.2) is 11.6 Å². The fourth-order valence-electron chi connectivity index (χ4n) is 8.91. The Hall–Kier alpha value is -0.380. The second kappa shape index (κ2) is 12.2. The second-order valence-electron chi connectivity index (χ2n) is 13.0. The van der Waals surface area contributed by atoms with Gasteiger partial charge in [-0.25, -0.2) is 0 Å². The molecule has 0 aliphatic heterocycles. The number of nitrogens with one attached hydrogen (secondary N) is 3. The van der Waals surface area contributed by atoms with Gasteiger partial charge in [-0.2, -0.15) is 0 Å². The van der Waals surface area contributed by atoms with E-state index in [4.69, 9.17) is 0 Å². The number of rotatable bonds is 13. The number of hydrogen-bond acceptors (Lipinski definition) is 3. The lowest BCUT2D eigenvalue weighted by Crippen LogP contribution is -2.52. The summed E-state index contributed by atoms with van der Waals surface area (Å²) in [6, 6.07) is 0.620. The Labute approximate surface area is 212 Å². The molecule has 4 aliphatic carbocycles. The van der Waals surface area contributed by atoms with Crippen LogP contribution in [-0.4, -0.2) is 38.8 Å². The highest BCUT2D eigenvalue weighted by Crippen LogP contribution is 2.66. The molecule has 3 N–H and O–H groups in total. The molecule has 3 heteroatoms. The lowest BCUT2D eigenvalue weighted by atomic mass is 9.46. The minimum atomic E-state index is 0.488. The first-order valence-electron chi connectivity index (χ1n) is 15.4. The van der Waals surface area contributed by atoms with Gasteiger partial charge in [0.2, 0.25) is 0 Å². The van der Waals surface area contributed by atoms with Crippen LogP contribution in [0.3, 0.4) is 0 Å². The molecular formula is C31H57N3. The molecule has 34 heavy (non-hydrogen) atoms. The second-order valence-corrected chi connectivity index (χ2v) is 13.0. The first kappa shape index (κ1) is 26.7. The predicted octanol–water partition coefficient (Wildman–Crippen LogP) is 6.69. The van der Waals surface area contributed by atoms with Crippen molar-refractivity contribution in [2.75, 3.05) is 32.7 Å². The van der Waals surface area contributed by atoms with Crippen LogP contribution in [0.5, 0.6) is 0 Å². The van der Waals surface area contributed by atoms with Gasteiger partial charge in [-0.3, -0.25) is 0 Å². The average Bonchev–Trinajstić information content (AvgIpc) is 3.17. The van der Waals surface area contributed by atoms with Crippen molar-refractivity contribution >= 4 is 0 Å². The summed E-state index contributed by atoms with van der Waals surface area (Å²) < 4.78 is 0. The summed E-state index contributed by atoms with van der Waals surface area (Å²) in [5.74, 6) is 3.83. The van der Waals surface area contributed by atoms with E-state index in [-0.39, 0.29) is 0 Å². The Morgan fingerprint density at radius 2 is 1.65 bits per heavy atom. The number of unbranched alkanes of at least 4 members (excludes halogenated alkanes) is 2. The van der Waals surface area contributed by atoms with E-state index in [0.29, 0.717) is 16.9 Å². The summed E-state index contributed by atoms with van der Waals surface area (Å²) in [6.07, 6.45) is 20.8. The van der Waals surface area contributed by atoms with Crippen LogP contribution in [0, 0.1) is 34.5 Å². The fourth-order valence-corrected chi connectivity index (χ4v) is 8.91. The third-order valence-electron chi connectivity index (χ3n) is 11.0. The maximum absolute atomic E-state index is 3.90. The minimum Gasteiger partial charge on any atom is -0.317 e. The molecule has 0 heterocycles. The van der Waals surface area contributed by atoms with Crippen LogP contribution < -0.4 is 16.0 Å². The van der Waals surface area contributed by atoms with Crippen LogP contribution in [0.4, 0.5) is 0 Å². The van der Waals surface area contributed by atoms with E-state index in [1.807, 2.05) is 5.57 Å². The van der Waals surface area contributed by atoms with Crippen molar-refractivity contribution in [3.8, 4) is 0 Å². The van der Waals surface area contributed by atoms with E-state index in [1.54, 1.807) is 0 Å². The van der Waals surface area contributed by atoms with Crippen molar-refractivity contribution in [1.82, 2.24) is 16.0 Å². The van der Waals surface area contributed by atoms with Crippen LogP contribution in [0.2, 0.25) is 0 Å². The van der Waals surface area contributed by atoms with E-state index >= 15 is 0 Å². The van der Waals surface area contributed by atoms with E-state index in [2.05, 4.69) is 49.7 Å². The summed E-state index contributed by atoms with van der Waals surface area (Å²) in [7, 11) is 0. The van der Waals surface area contributed by atoms with Gasteiger partial charge >= 0.3 is 0 Å². The van der Waals surface area contributed by atoms with E-state index < -0.39 is 0 Å². The molecule has 0 aromatic heterocycles. The predicted molar refractivity (Wildman–Crippen MR) is 147 cm³/mol. The van der Waals surface area contributed by atoms with Crippen molar-refractivity contribution in [2.45, 2.75) is 117 Å². The van der Waals surface area contributed by atoms with Crippen LogP contribution in [0.25, 0.3) is 0 Å². The van der Waals surface area contributed by atoms with Gasteiger partial charge in [-0.15, -0.1) is 0 Å². The Morgan fingerprint density at radius 3 is 2.47 bits per heavy atom. The summed E-state index contributed by atoms with van der Waals surface area (Å²) in [6.45, 7) is 15.9. The third-order valence-corrected chi connectivity index (χ3v) is 11.0. The molecule has 4 aliphatic rings. The molecule has 3 fully saturated rings. The molecular weight excluding hydrogens is 414 g/mol. The molecule has 0 aromatic rings. The molecule has 7 atom stereocenters. The third kappa shape index (κ3) is 5.62. The van der Waals surface area contributed by atoms with Crippen LogP contribution >= 0.6 is 0 Å². The highest BCUT2D eigenvalue weighted by molar-refractivity contribution is 5.26. The van der Waals surface area contributed by atoms with Gasteiger partial charge in [-0.1, -0.05) is 52.2 Å². The molecule has 0 aromatic carbocycles.